The third kappa shape index (κ3) is 4.03. The lowest BCUT2D eigenvalue weighted by molar-refractivity contribution is -0.122. The number of rotatable bonds is 5. The molecule has 0 aliphatic heterocycles. The molecule has 26 heavy (non-hydrogen) atoms. The molecule has 0 aromatic heterocycles. The van der Waals surface area contributed by atoms with Crippen LogP contribution in [0.15, 0.2) is 48.5 Å². The van der Waals surface area contributed by atoms with Gasteiger partial charge in [0.2, 0.25) is 11.8 Å². The predicted octanol–water partition coefficient (Wildman–Crippen LogP) is 3.34. The highest BCUT2D eigenvalue weighted by Crippen LogP contribution is 2.40. The van der Waals surface area contributed by atoms with Crippen LogP contribution < -0.4 is 10.6 Å². The third-order valence-electron chi connectivity index (χ3n) is 4.15. The molecule has 134 valence electrons. The molecule has 0 bridgehead atoms. The van der Waals surface area contributed by atoms with Crippen LogP contribution in [-0.2, 0) is 14.3 Å². The van der Waals surface area contributed by atoms with E-state index < -0.39 is 11.9 Å². The summed E-state index contributed by atoms with van der Waals surface area (Å²) in [6.45, 7) is 0. The van der Waals surface area contributed by atoms with Gasteiger partial charge in [-0.1, -0.05) is 29.8 Å². The molecule has 0 heterocycles. The molecule has 0 saturated heterocycles. The van der Waals surface area contributed by atoms with Crippen molar-refractivity contribution in [1.82, 2.24) is 0 Å². The lowest BCUT2D eigenvalue weighted by atomic mass is 10.2. The van der Waals surface area contributed by atoms with Crippen molar-refractivity contribution in [3.8, 4) is 0 Å². The summed E-state index contributed by atoms with van der Waals surface area (Å²) in [6, 6.07) is 13.5. The van der Waals surface area contributed by atoms with E-state index in [0.29, 0.717) is 22.8 Å². The Morgan fingerprint density at radius 1 is 1.00 bits per heavy atom. The van der Waals surface area contributed by atoms with Gasteiger partial charge in [-0.15, -0.1) is 0 Å². The fourth-order valence-corrected chi connectivity index (χ4v) is 2.79. The smallest absolute Gasteiger partial charge is 0.337 e. The van der Waals surface area contributed by atoms with Crippen LogP contribution in [0.2, 0.25) is 5.02 Å². The number of esters is 1. The van der Waals surface area contributed by atoms with Crippen molar-refractivity contribution >= 4 is 40.8 Å². The number of amides is 2. The van der Waals surface area contributed by atoms with Gasteiger partial charge in [0.15, 0.2) is 0 Å². The minimum Gasteiger partial charge on any atom is -0.465 e. The lowest BCUT2D eigenvalue weighted by Gasteiger charge is -2.09. The number of nitrogens with one attached hydrogen (secondary N) is 2. The minimum absolute atomic E-state index is 0.189. The van der Waals surface area contributed by atoms with Gasteiger partial charge < -0.3 is 15.4 Å². The predicted molar refractivity (Wildman–Crippen MR) is 98.1 cm³/mol. The maximum absolute atomic E-state index is 12.4. The Bertz CT molecular complexity index is 854. The summed E-state index contributed by atoms with van der Waals surface area (Å²) in [6.07, 6.45) is 0.471. The van der Waals surface area contributed by atoms with Gasteiger partial charge in [0.05, 0.1) is 35.2 Å². The second kappa shape index (κ2) is 7.58. The molecule has 7 heteroatoms. The Hall–Kier alpha value is -2.86. The highest BCUT2D eigenvalue weighted by molar-refractivity contribution is 6.34. The first kappa shape index (κ1) is 17.9. The van der Waals surface area contributed by atoms with Crippen LogP contribution in [0.5, 0.6) is 0 Å². The zero-order chi connectivity index (χ0) is 18.7. The number of hydrogen-bond donors (Lipinski definition) is 2. The molecule has 2 unspecified atom stereocenters. The number of ether oxygens (including phenoxy) is 1. The summed E-state index contributed by atoms with van der Waals surface area (Å²) in [4.78, 5) is 36.2. The molecule has 2 N–H and O–H groups in total. The van der Waals surface area contributed by atoms with E-state index in [-0.39, 0.29) is 23.3 Å². The zero-order valence-electron chi connectivity index (χ0n) is 14.0. The summed E-state index contributed by atoms with van der Waals surface area (Å²) in [5.74, 6) is -1.81. The maximum atomic E-state index is 12.4. The van der Waals surface area contributed by atoms with Crippen LogP contribution in [-0.4, -0.2) is 24.9 Å². The van der Waals surface area contributed by atoms with E-state index in [9.17, 15) is 14.4 Å². The number of halogens is 1. The Kier molecular flexibility index (Phi) is 5.23. The van der Waals surface area contributed by atoms with Gasteiger partial charge in [-0.05, 0) is 36.8 Å². The molecule has 6 nitrogen and oxygen atoms in total. The number of hydrogen-bond acceptors (Lipinski definition) is 4. The van der Waals surface area contributed by atoms with Gasteiger partial charge >= 0.3 is 5.97 Å². The largest absolute Gasteiger partial charge is 0.465 e. The van der Waals surface area contributed by atoms with E-state index in [1.807, 2.05) is 18.2 Å². The van der Waals surface area contributed by atoms with Crippen molar-refractivity contribution in [3.05, 3.63) is 59.1 Å². The SMILES string of the molecule is COC(=O)c1ccc(Cl)c(NC(=O)C2CC2C(=O)Nc2ccccc2)c1. The van der Waals surface area contributed by atoms with Crippen molar-refractivity contribution < 1.29 is 19.1 Å². The van der Waals surface area contributed by atoms with Crippen molar-refractivity contribution in [1.29, 1.82) is 0 Å². The standard InChI is InChI=1S/C19H17ClN2O4/c1-26-19(25)11-7-8-15(20)16(9-11)22-18(24)14-10-13(14)17(23)21-12-5-3-2-4-6-12/h2-9,13-14H,10H2,1H3,(H,21,23)(H,22,24). The van der Waals surface area contributed by atoms with E-state index in [1.54, 1.807) is 12.1 Å². The number of para-hydroxylation sites is 1. The highest BCUT2D eigenvalue weighted by atomic mass is 35.5. The average Bonchev–Trinajstić information content (AvgIpc) is 3.45. The molecule has 2 atom stereocenters. The summed E-state index contributed by atoms with van der Waals surface area (Å²) in [7, 11) is 1.27. The number of methoxy groups -OCH3 is 1. The summed E-state index contributed by atoms with van der Waals surface area (Å²) >= 11 is 6.07. The average molecular weight is 373 g/mol. The summed E-state index contributed by atoms with van der Waals surface area (Å²) < 4.78 is 4.65. The first-order valence-corrected chi connectivity index (χ1v) is 8.42. The molecule has 2 aromatic rings. The fourth-order valence-electron chi connectivity index (χ4n) is 2.62. The molecule has 0 radical (unpaired) electrons. The Morgan fingerprint density at radius 3 is 2.31 bits per heavy atom. The van der Waals surface area contributed by atoms with Crippen molar-refractivity contribution in [2.75, 3.05) is 17.7 Å². The molecule has 1 fully saturated rings. The maximum Gasteiger partial charge on any atom is 0.337 e. The second-order valence-corrected chi connectivity index (χ2v) is 6.39. The zero-order valence-corrected chi connectivity index (χ0v) is 14.7. The van der Waals surface area contributed by atoms with Gasteiger partial charge in [0, 0.05) is 5.69 Å². The van der Waals surface area contributed by atoms with Crippen LogP contribution in [0.4, 0.5) is 11.4 Å². The molecular weight excluding hydrogens is 356 g/mol. The topological polar surface area (TPSA) is 84.5 Å². The molecular formula is C19H17ClN2O4. The van der Waals surface area contributed by atoms with Crippen molar-refractivity contribution in [2.45, 2.75) is 6.42 Å². The molecule has 1 saturated carbocycles. The van der Waals surface area contributed by atoms with E-state index in [4.69, 9.17) is 11.6 Å². The number of benzene rings is 2. The molecule has 1 aliphatic carbocycles. The Balaban J connectivity index is 1.61. The van der Waals surface area contributed by atoms with Gasteiger partial charge in [0.1, 0.15) is 0 Å². The van der Waals surface area contributed by atoms with Gasteiger partial charge in [0.25, 0.3) is 0 Å². The van der Waals surface area contributed by atoms with Gasteiger partial charge in [-0.2, -0.15) is 0 Å². The molecule has 3 rings (SSSR count). The number of carbonyl (C=O) groups excluding carboxylic acids is 3. The molecule has 0 spiro atoms. The fraction of sp³-hybridized carbons (Fsp3) is 0.211. The molecule has 2 amide bonds. The van der Waals surface area contributed by atoms with Gasteiger partial charge in [-0.25, -0.2) is 4.79 Å². The Morgan fingerprint density at radius 2 is 1.65 bits per heavy atom. The normalized spacial score (nSPS) is 17.9. The van der Waals surface area contributed by atoms with E-state index >= 15 is 0 Å². The van der Waals surface area contributed by atoms with Gasteiger partial charge in [-0.3, -0.25) is 9.59 Å². The van der Waals surface area contributed by atoms with Crippen molar-refractivity contribution in [2.24, 2.45) is 11.8 Å². The van der Waals surface area contributed by atoms with Crippen LogP contribution in [0.1, 0.15) is 16.8 Å². The first-order chi connectivity index (χ1) is 12.5. The molecule has 1 aliphatic rings. The van der Waals surface area contributed by atoms with E-state index in [1.165, 1.54) is 25.3 Å². The molecule has 2 aromatic carbocycles. The van der Waals surface area contributed by atoms with E-state index in [2.05, 4.69) is 15.4 Å². The van der Waals surface area contributed by atoms with Crippen LogP contribution >= 0.6 is 11.6 Å². The minimum atomic E-state index is -0.524. The number of carbonyl (C=O) groups is 3. The van der Waals surface area contributed by atoms with Crippen LogP contribution in [0.25, 0.3) is 0 Å². The van der Waals surface area contributed by atoms with Crippen LogP contribution in [0, 0.1) is 11.8 Å². The highest BCUT2D eigenvalue weighted by Gasteiger charge is 2.48. The lowest BCUT2D eigenvalue weighted by Crippen LogP contribution is -2.20. The third-order valence-corrected chi connectivity index (χ3v) is 4.48. The van der Waals surface area contributed by atoms with E-state index in [0.717, 1.165) is 0 Å². The second-order valence-electron chi connectivity index (χ2n) is 5.98. The van der Waals surface area contributed by atoms with Crippen LogP contribution in [0.3, 0.4) is 0 Å². The Labute approximate surface area is 155 Å². The monoisotopic (exact) mass is 372 g/mol. The summed E-state index contributed by atoms with van der Waals surface area (Å²) in [5.41, 5.74) is 1.28. The summed E-state index contributed by atoms with van der Waals surface area (Å²) in [5, 5.41) is 5.77. The quantitative estimate of drug-likeness (QED) is 0.788. The van der Waals surface area contributed by atoms with Crippen molar-refractivity contribution in [3.63, 3.8) is 0 Å². The first-order valence-electron chi connectivity index (χ1n) is 8.04. The number of anilines is 2.